The smallest absolute Gasteiger partial charge is 0.0724 e. The van der Waals surface area contributed by atoms with E-state index in [0.29, 0.717) is 12.1 Å². The van der Waals surface area contributed by atoms with Crippen LogP contribution in [0.3, 0.4) is 0 Å². The van der Waals surface area contributed by atoms with Crippen molar-refractivity contribution in [1.29, 1.82) is 0 Å². The summed E-state index contributed by atoms with van der Waals surface area (Å²) in [6.07, 6.45) is 4.29. The van der Waals surface area contributed by atoms with Gasteiger partial charge in [0.15, 0.2) is 0 Å². The van der Waals surface area contributed by atoms with E-state index in [1.807, 2.05) is 7.11 Å². The van der Waals surface area contributed by atoms with Gasteiger partial charge in [0.05, 0.1) is 6.10 Å². The van der Waals surface area contributed by atoms with Crippen LogP contribution >= 0.6 is 0 Å². The Balaban J connectivity index is 2.21. The van der Waals surface area contributed by atoms with E-state index in [1.165, 1.54) is 19.3 Å². The van der Waals surface area contributed by atoms with Crippen molar-refractivity contribution in [3.8, 4) is 0 Å². The first kappa shape index (κ1) is 10.0. The van der Waals surface area contributed by atoms with Gasteiger partial charge in [-0.3, -0.25) is 0 Å². The molecule has 0 heterocycles. The average molecular weight is 171 g/mol. The van der Waals surface area contributed by atoms with Crippen LogP contribution in [0, 0.1) is 5.92 Å². The molecule has 1 aliphatic carbocycles. The molecule has 0 radical (unpaired) electrons. The number of hydrogen-bond acceptors (Lipinski definition) is 2. The molecule has 1 saturated carbocycles. The molecule has 2 heteroatoms. The van der Waals surface area contributed by atoms with Crippen LogP contribution in [0.25, 0.3) is 0 Å². The second kappa shape index (κ2) is 4.83. The quantitative estimate of drug-likeness (QED) is 0.696. The molecular weight excluding hydrogens is 150 g/mol. The monoisotopic (exact) mass is 171 g/mol. The Labute approximate surface area is 75.7 Å². The Morgan fingerprint density at radius 3 is 2.75 bits per heavy atom. The van der Waals surface area contributed by atoms with E-state index in [1.54, 1.807) is 0 Å². The summed E-state index contributed by atoms with van der Waals surface area (Å²) in [5, 5.41) is 3.56. The molecule has 0 spiro atoms. The lowest BCUT2D eigenvalue weighted by Crippen LogP contribution is -2.38. The molecule has 0 aromatic carbocycles. The number of hydrogen-bond donors (Lipinski definition) is 1. The van der Waals surface area contributed by atoms with Crippen molar-refractivity contribution in [2.75, 3.05) is 13.7 Å². The Morgan fingerprint density at radius 1 is 1.42 bits per heavy atom. The van der Waals surface area contributed by atoms with Crippen molar-refractivity contribution in [2.24, 2.45) is 5.92 Å². The van der Waals surface area contributed by atoms with Gasteiger partial charge in [0.25, 0.3) is 0 Å². The first-order valence-electron chi connectivity index (χ1n) is 5.00. The van der Waals surface area contributed by atoms with Gasteiger partial charge in [0.1, 0.15) is 0 Å². The molecule has 0 amide bonds. The summed E-state index contributed by atoms with van der Waals surface area (Å²) in [5.41, 5.74) is 0. The maximum absolute atomic E-state index is 5.39. The van der Waals surface area contributed by atoms with Crippen LogP contribution in [0.5, 0.6) is 0 Å². The standard InChI is InChI=1S/C10H21NO/c1-8(2)7-11-9-5-4-6-10(9)12-3/h8-11H,4-7H2,1-3H3/t9-,10-/m0/s1. The van der Waals surface area contributed by atoms with Gasteiger partial charge in [0.2, 0.25) is 0 Å². The third kappa shape index (κ3) is 2.76. The summed E-state index contributed by atoms with van der Waals surface area (Å²) < 4.78 is 5.39. The highest BCUT2D eigenvalue weighted by Crippen LogP contribution is 2.21. The summed E-state index contributed by atoms with van der Waals surface area (Å²) in [4.78, 5) is 0. The Bertz CT molecular complexity index is 125. The second-order valence-electron chi connectivity index (χ2n) is 4.11. The molecule has 72 valence electrons. The predicted molar refractivity (Wildman–Crippen MR) is 51.3 cm³/mol. The van der Waals surface area contributed by atoms with Gasteiger partial charge in [-0.1, -0.05) is 13.8 Å². The van der Waals surface area contributed by atoms with E-state index in [9.17, 15) is 0 Å². The maximum Gasteiger partial charge on any atom is 0.0724 e. The van der Waals surface area contributed by atoms with Gasteiger partial charge in [-0.25, -0.2) is 0 Å². The highest BCUT2D eigenvalue weighted by atomic mass is 16.5. The normalized spacial score (nSPS) is 30.0. The zero-order valence-corrected chi connectivity index (χ0v) is 8.47. The molecular formula is C10H21NO. The first-order valence-corrected chi connectivity index (χ1v) is 5.00. The summed E-state index contributed by atoms with van der Waals surface area (Å²) in [7, 11) is 1.82. The molecule has 0 aromatic rings. The topological polar surface area (TPSA) is 21.3 Å². The Morgan fingerprint density at radius 2 is 2.17 bits per heavy atom. The van der Waals surface area contributed by atoms with Gasteiger partial charge >= 0.3 is 0 Å². The third-order valence-electron chi connectivity index (χ3n) is 2.54. The summed E-state index contributed by atoms with van der Waals surface area (Å²) in [6.45, 7) is 5.60. The molecule has 0 aromatic heterocycles. The highest BCUT2D eigenvalue weighted by molar-refractivity contribution is 4.83. The molecule has 2 atom stereocenters. The molecule has 1 aliphatic rings. The molecule has 1 fully saturated rings. The average Bonchev–Trinajstić information content (AvgIpc) is 2.47. The van der Waals surface area contributed by atoms with Crippen LogP contribution in [-0.2, 0) is 4.74 Å². The second-order valence-corrected chi connectivity index (χ2v) is 4.11. The molecule has 0 aliphatic heterocycles. The first-order chi connectivity index (χ1) is 5.74. The highest BCUT2D eigenvalue weighted by Gasteiger charge is 2.26. The van der Waals surface area contributed by atoms with Crippen LogP contribution in [0.4, 0.5) is 0 Å². The molecule has 1 N–H and O–H groups in total. The SMILES string of the molecule is CO[C@H]1CCC[C@@H]1NCC(C)C. The van der Waals surface area contributed by atoms with E-state index in [2.05, 4.69) is 19.2 Å². The van der Waals surface area contributed by atoms with Crippen LogP contribution in [0.2, 0.25) is 0 Å². The fraction of sp³-hybridized carbons (Fsp3) is 1.00. The largest absolute Gasteiger partial charge is 0.380 e. The summed E-state index contributed by atoms with van der Waals surface area (Å²) >= 11 is 0. The minimum atomic E-state index is 0.462. The lowest BCUT2D eigenvalue weighted by Gasteiger charge is -2.20. The molecule has 12 heavy (non-hydrogen) atoms. The van der Waals surface area contributed by atoms with Gasteiger partial charge in [-0.05, 0) is 31.7 Å². The van der Waals surface area contributed by atoms with Crippen molar-refractivity contribution < 1.29 is 4.74 Å². The van der Waals surface area contributed by atoms with Crippen LogP contribution in [0.15, 0.2) is 0 Å². The summed E-state index contributed by atoms with van der Waals surface area (Å²) in [5.74, 6) is 0.739. The van der Waals surface area contributed by atoms with E-state index in [0.717, 1.165) is 12.5 Å². The van der Waals surface area contributed by atoms with Crippen molar-refractivity contribution in [1.82, 2.24) is 5.32 Å². The Hall–Kier alpha value is -0.0800. The Kier molecular flexibility index (Phi) is 4.02. The summed E-state index contributed by atoms with van der Waals surface area (Å²) in [6, 6.07) is 0.609. The molecule has 0 unspecified atom stereocenters. The van der Waals surface area contributed by atoms with Crippen molar-refractivity contribution in [2.45, 2.75) is 45.3 Å². The number of rotatable bonds is 4. The minimum absolute atomic E-state index is 0.462. The van der Waals surface area contributed by atoms with E-state index < -0.39 is 0 Å². The number of methoxy groups -OCH3 is 1. The third-order valence-corrected chi connectivity index (χ3v) is 2.54. The van der Waals surface area contributed by atoms with Crippen molar-refractivity contribution >= 4 is 0 Å². The fourth-order valence-corrected chi connectivity index (χ4v) is 1.83. The zero-order valence-electron chi connectivity index (χ0n) is 8.47. The lowest BCUT2D eigenvalue weighted by atomic mass is 10.1. The molecule has 1 rings (SSSR count). The zero-order chi connectivity index (χ0) is 8.97. The van der Waals surface area contributed by atoms with Crippen LogP contribution in [0.1, 0.15) is 33.1 Å². The number of nitrogens with one attached hydrogen (secondary N) is 1. The van der Waals surface area contributed by atoms with Gasteiger partial charge in [-0.2, -0.15) is 0 Å². The molecule has 0 bridgehead atoms. The van der Waals surface area contributed by atoms with Gasteiger partial charge in [0, 0.05) is 13.2 Å². The number of ether oxygens (including phenoxy) is 1. The fourth-order valence-electron chi connectivity index (χ4n) is 1.83. The van der Waals surface area contributed by atoms with Gasteiger partial charge in [-0.15, -0.1) is 0 Å². The van der Waals surface area contributed by atoms with E-state index >= 15 is 0 Å². The van der Waals surface area contributed by atoms with Crippen molar-refractivity contribution in [3.05, 3.63) is 0 Å². The lowest BCUT2D eigenvalue weighted by molar-refractivity contribution is 0.0843. The van der Waals surface area contributed by atoms with Crippen molar-refractivity contribution in [3.63, 3.8) is 0 Å². The predicted octanol–water partition coefficient (Wildman–Crippen LogP) is 1.80. The van der Waals surface area contributed by atoms with Crippen LogP contribution < -0.4 is 5.32 Å². The van der Waals surface area contributed by atoms with Crippen LogP contribution in [-0.4, -0.2) is 25.8 Å². The minimum Gasteiger partial charge on any atom is -0.380 e. The maximum atomic E-state index is 5.39. The van der Waals surface area contributed by atoms with E-state index in [-0.39, 0.29) is 0 Å². The molecule has 0 saturated heterocycles. The van der Waals surface area contributed by atoms with E-state index in [4.69, 9.17) is 4.74 Å². The van der Waals surface area contributed by atoms with Gasteiger partial charge < -0.3 is 10.1 Å². The molecule has 2 nitrogen and oxygen atoms in total.